The highest BCUT2D eigenvalue weighted by molar-refractivity contribution is 7.09. The van der Waals surface area contributed by atoms with Crippen molar-refractivity contribution in [2.75, 3.05) is 20.1 Å². The second-order valence-corrected chi connectivity index (χ2v) is 6.68. The highest BCUT2D eigenvalue weighted by Crippen LogP contribution is 2.17. The van der Waals surface area contributed by atoms with Crippen LogP contribution in [0.4, 0.5) is 0 Å². The minimum atomic E-state index is 0.765. The molecule has 0 aliphatic heterocycles. The van der Waals surface area contributed by atoms with Crippen LogP contribution >= 0.6 is 11.3 Å². The largest absolute Gasteiger partial charge is 0.313 e. The molecular formula is C15H27N3S. The van der Waals surface area contributed by atoms with Crippen LogP contribution in [-0.2, 0) is 6.54 Å². The third-order valence-corrected chi connectivity index (χ3v) is 4.96. The fourth-order valence-electron chi connectivity index (χ4n) is 2.75. The van der Waals surface area contributed by atoms with E-state index < -0.39 is 0 Å². The monoisotopic (exact) mass is 281 g/mol. The molecule has 1 aliphatic carbocycles. The Morgan fingerprint density at radius 3 is 2.68 bits per heavy atom. The molecule has 108 valence electrons. The Hall–Kier alpha value is -0.450. The first-order chi connectivity index (χ1) is 9.25. The molecule has 1 N–H and O–H groups in total. The van der Waals surface area contributed by atoms with Gasteiger partial charge >= 0.3 is 0 Å². The van der Waals surface area contributed by atoms with Crippen molar-refractivity contribution in [3.05, 3.63) is 16.1 Å². The normalized spacial score (nSPS) is 17.8. The molecule has 0 saturated heterocycles. The number of likely N-dealkylation sites (N-methyl/N-ethyl adjacent to an activating group) is 1. The van der Waals surface area contributed by atoms with Gasteiger partial charge in [-0.15, -0.1) is 11.3 Å². The van der Waals surface area contributed by atoms with E-state index in [0.717, 1.165) is 25.7 Å². The number of rotatable bonds is 6. The number of aryl methyl sites for hydroxylation is 1. The van der Waals surface area contributed by atoms with Gasteiger partial charge in [-0.25, -0.2) is 4.98 Å². The molecule has 4 heteroatoms. The SMILES string of the molecule is Cc1ncsc1CN(C)CCNC1CCCCCC1. The van der Waals surface area contributed by atoms with Crippen LogP contribution in [0.3, 0.4) is 0 Å². The molecule has 1 heterocycles. The molecule has 0 aromatic carbocycles. The standard InChI is InChI=1S/C15H27N3S/c1-13-15(19-12-17-13)11-18(2)10-9-16-14-7-5-3-4-6-8-14/h12,14,16H,3-11H2,1-2H3. The average molecular weight is 281 g/mol. The lowest BCUT2D eigenvalue weighted by Gasteiger charge is -2.20. The number of hydrogen-bond donors (Lipinski definition) is 1. The molecule has 3 nitrogen and oxygen atoms in total. The van der Waals surface area contributed by atoms with Gasteiger partial charge in [0.2, 0.25) is 0 Å². The number of hydrogen-bond acceptors (Lipinski definition) is 4. The lowest BCUT2D eigenvalue weighted by atomic mass is 10.1. The fraction of sp³-hybridized carbons (Fsp3) is 0.800. The maximum atomic E-state index is 4.31. The van der Waals surface area contributed by atoms with Crippen LogP contribution < -0.4 is 5.32 Å². The third kappa shape index (κ3) is 5.21. The van der Waals surface area contributed by atoms with Crippen molar-refractivity contribution in [2.24, 2.45) is 0 Å². The number of nitrogens with zero attached hydrogens (tertiary/aromatic N) is 2. The van der Waals surface area contributed by atoms with E-state index in [9.17, 15) is 0 Å². The number of thiazole rings is 1. The molecule has 0 atom stereocenters. The van der Waals surface area contributed by atoms with Gasteiger partial charge in [-0.1, -0.05) is 25.7 Å². The summed E-state index contributed by atoms with van der Waals surface area (Å²) in [5.41, 5.74) is 3.14. The van der Waals surface area contributed by atoms with Gasteiger partial charge in [0.1, 0.15) is 0 Å². The van der Waals surface area contributed by atoms with Gasteiger partial charge in [-0.05, 0) is 26.8 Å². The number of nitrogens with one attached hydrogen (secondary N) is 1. The zero-order chi connectivity index (χ0) is 13.5. The van der Waals surface area contributed by atoms with Gasteiger partial charge in [-0.2, -0.15) is 0 Å². The smallest absolute Gasteiger partial charge is 0.0798 e. The molecule has 2 rings (SSSR count). The van der Waals surface area contributed by atoms with Crippen molar-refractivity contribution in [3.63, 3.8) is 0 Å². The minimum absolute atomic E-state index is 0.765. The summed E-state index contributed by atoms with van der Waals surface area (Å²) in [6.45, 7) is 5.36. The van der Waals surface area contributed by atoms with Gasteiger partial charge in [0.15, 0.2) is 0 Å². The lowest BCUT2D eigenvalue weighted by molar-refractivity contribution is 0.313. The summed E-state index contributed by atoms with van der Waals surface area (Å²) in [7, 11) is 2.20. The van der Waals surface area contributed by atoms with Gasteiger partial charge in [0.25, 0.3) is 0 Å². The Kier molecular flexibility index (Phi) is 6.28. The van der Waals surface area contributed by atoms with Gasteiger partial charge in [-0.3, -0.25) is 4.90 Å². The van der Waals surface area contributed by atoms with Crippen LogP contribution in [0.25, 0.3) is 0 Å². The zero-order valence-corrected chi connectivity index (χ0v) is 13.1. The fourth-order valence-corrected chi connectivity index (χ4v) is 3.60. The Morgan fingerprint density at radius 1 is 1.32 bits per heavy atom. The third-order valence-electron chi connectivity index (χ3n) is 4.04. The van der Waals surface area contributed by atoms with Crippen molar-refractivity contribution in [1.82, 2.24) is 15.2 Å². The molecule has 1 aliphatic rings. The Morgan fingerprint density at radius 2 is 2.05 bits per heavy atom. The van der Waals surface area contributed by atoms with E-state index in [4.69, 9.17) is 0 Å². The summed E-state index contributed by atoms with van der Waals surface area (Å²) in [5.74, 6) is 0. The van der Waals surface area contributed by atoms with E-state index in [2.05, 4.69) is 29.2 Å². The van der Waals surface area contributed by atoms with Gasteiger partial charge in [0, 0.05) is 30.6 Å². The Balaban J connectivity index is 1.63. The van der Waals surface area contributed by atoms with Crippen molar-refractivity contribution in [2.45, 2.75) is 58.0 Å². The molecular weight excluding hydrogens is 254 g/mol. The van der Waals surface area contributed by atoms with Crippen molar-refractivity contribution >= 4 is 11.3 Å². The highest BCUT2D eigenvalue weighted by Gasteiger charge is 2.11. The summed E-state index contributed by atoms with van der Waals surface area (Å²) < 4.78 is 0. The van der Waals surface area contributed by atoms with Crippen molar-refractivity contribution in [3.8, 4) is 0 Å². The average Bonchev–Trinajstić information content (AvgIpc) is 2.66. The van der Waals surface area contributed by atoms with Crippen LogP contribution in [0, 0.1) is 6.92 Å². The van der Waals surface area contributed by atoms with Gasteiger partial charge < -0.3 is 5.32 Å². The van der Waals surface area contributed by atoms with E-state index >= 15 is 0 Å². The molecule has 0 amide bonds. The van der Waals surface area contributed by atoms with Crippen LogP contribution in [0.15, 0.2) is 5.51 Å². The molecule has 0 bridgehead atoms. The summed E-state index contributed by atoms with van der Waals surface area (Å²) in [6.07, 6.45) is 8.43. The first kappa shape index (κ1) is 14.9. The molecule has 1 aromatic heterocycles. The number of aromatic nitrogens is 1. The maximum Gasteiger partial charge on any atom is 0.0798 e. The molecule has 1 saturated carbocycles. The molecule has 19 heavy (non-hydrogen) atoms. The summed E-state index contributed by atoms with van der Waals surface area (Å²) in [4.78, 5) is 8.10. The van der Waals surface area contributed by atoms with Gasteiger partial charge in [0.05, 0.1) is 11.2 Å². The van der Waals surface area contributed by atoms with Crippen molar-refractivity contribution < 1.29 is 0 Å². The van der Waals surface area contributed by atoms with Crippen LogP contribution in [0.5, 0.6) is 0 Å². The zero-order valence-electron chi connectivity index (χ0n) is 12.3. The van der Waals surface area contributed by atoms with E-state index in [1.54, 1.807) is 11.3 Å². The maximum absolute atomic E-state index is 4.31. The predicted octanol–water partition coefficient (Wildman–Crippen LogP) is 3.20. The molecule has 1 aromatic rings. The van der Waals surface area contributed by atoms with E-state index in [-0.39, 0.29) is 0 Å². The first-order valence-corrected chi connectivity index (χ1v) is 8.44. The first-order valence-electron chi connectivity index (χ1n) is 7.56. The summed E-state index contributed by atoms with van der Waals surface area (Å²) in [5, 5.41) is 3.73. The second kappa shape index (κ2) is 7.98. The topological polar surface area (TPSA) is 28.2 Å². The van der Waals surface area contributed by atoms with E-state index in [0.29, 0.717) is 0 Å². The van der Waals surface area contributed by atoms with Crippen LogP contribution in [-0.4, -0.2) is 36.1 Å². The van der Waals surface area contributed by atoms with E-state index in [1.165, 1.54) is 49.1 Å². The van der Waals surface area contributed by atoms with Crippen molar-refractivity contribution in [1.29, 1.82) is 0 Å². The predicted molar refractivity (Wildman–Crippen MR) is 82.7 cm³/mol. The van der Waals surface area contributed by atoms with E-state index in [1.807, 2.05) is 5.51 Å². The quantitative estimate of drug-likeness (QED) is 0.812. The highest BCUT2D eigenvalue weighted by atomic mass is 32.1. The Labute approximate surface area is 121 Å². The Bertz CT molecular complexity index is 356. The molecule has 0 unspecified atom stereocenters. The second-order valence-electron chi connectivity index (χ2n) is 5.74. The van der Waals surface area contributed by atoms with Crippen LogP contribution in [0.1, 0.15) is 49.1 Å². The molecule has 0 spiro atoms. The summed E-state index contributed by atoms with van der Waals surface area (Å²) in [6, 6.07) is 0.765. The minimum Gasteiger partial charge on any atom is -0.313 e. The molecule has 0 radical (unpaired) electrons. The lowest BCUT2D eigenvalue weighted by Crippen LogP contribution is -2.35. The van der Waals surface area contributed by atoms with Crippen LogP contribution in [0.2, 0.25) is 0 Å². The molecule has 1 fully saturated rings. The summed E-state index contributed by atoms with van der Waals surface area (Å²) >= 11 is 1.77.